The number of carbonyl (C=O) groups excluding carboxylic acids is 1. The summed E-state index contributed by atoms with van der Waals surface area (Å²) in [5, 5.41) is 14.2. The number of aromatic nitrogens is 2. The van der Waals surface area contributed by atoms with Gasteiger partial charge in [0.05, 0.1) is 29.7 Å². The van der Waals surface area contributed by atoms with Gasteiger partial charge in [-0.1, -0.05) is 19.9 Å². The van der Waals surface area contributed by atoms with Crippen molar-refractivity contribution in [2.75, 3.05) is 16.3 Å². The number of hydrogen-bond donors (Lipinski definition) is 1. The van der Waals surface area contributed by atoms with Gasteiger partial charge in [0, 0.05) is 24.7 Å². The molecule has 148 valence electrons. The molecule has 1 fully saturated rings. The molecule has 1 aromatic heterocycles. The molecule has 28 heavy (non-hydrogen) atoms. The Kier molecular flexibility index (Phi) is 4.61. The molecule has 1 aromatic carbocycles. The molecule has 1 atom stereocenters. The van der Waals surface area contributed by atoms with Crippen LogP contribution in [0.2, 0.25) is 0 Å². The van der Waals surface area contributed by atoms with Crippen molar-refractivity contribution in [1.29, 1.82) is 0 Å². The van der Waals surface area contributed by atoms with Gasteiger partial charge in [-0.3, -0.25) is 14.4 Å². The van der Waals surface area contributed by atoms with Gasteiger partial charge >= 0.3 is 6.09 Å². The van der Waals surface area contributed by atoms with Gasteiger partial charge in [0.2, 0.25) is 5.91 Å². The lowest BCUT2D eigenvalue weighted by molar-refractivity contribution is -0.119. The van der Waals surface area contributed by atoms with Crippen molar-refractivity contribution in [3.8, 4) is 11.1 Å². The van der Waals surface area contributed by atoms with Crippen LogP contribution < -0.4 is 9.80 Å². The van der Waals surface area contributed by atoms with Crippen molar-refractivity contribution >= 4 is 23.4 Å². The van der Waals surface area contributed by atoms with Crippen LogP contribution in [-0.2, 0) is 4.79 Å². The second kappa shape index (κ2) is 6.96. The van der Waals surface area contributed by atoms with Crippen molar-refractivity contribution in [1.82, 2.24) is 9.78 Å². The van der Waals surface area contributed by atoms with E-state index in [0.717, 1.165) is 24.0 Å². The molecule has 1 N–H and O–H groups in total. The number of rotatable bonds is 4. The fraction of sp³-hybridized carbons (Fsp3) is 0.476. The smallest absolute Gasteiger partial charge is 0.411 e. The third-order valence-corrected chi connectivity index (χ3v) is 5.35. The summed E-state index contributed by atoms with van der Waals surface area (Å²) in [4.78, 5) is 27.8. The summed E-state index contributed by atoms with van der Waals surface area (Å²) in [5.41, 5.74) is 3.07. The second-order valence-electron chi connectivity index (χ2n) is 8.25. The largest absolute Gasteiger partial charge is 0.465 e. The summed E-state index contributed by atoms with van der Waals surface area (Å²) in [7, 11) is 0. The molecule has 2 aromatic rings. The highest BCUT2D eigenvalue weighted by atomic mass is 16.4. The Morgan fingerprint density at radius 2 is 1.96 bits per heavy atom. The highest BCUT2D eigenvalue weighted by Crippen LogP contribution is 2.40. The zero-order valence-corrected chi connectivity index (χ0v) is 16.5. The molecule has 4 rings (SSSR count). The van der Waals surface area contributed by atoms with E-state index in [1.807, 2.05) is 56.0 Å². The van der Waals surface area contributed by atoms with Crippen molar-refractivity contribution in [3.05, 3.63) is 30.6 Å². The van der Waals surface area contributed by atoms with Crippen molar-refractivity contribution in [2.24, 2.45) is 5.92 Å². The van der Waals surface area contributed by atoms with Gasteiger partial charge in [-0.05, 0) is 43.4 Å². The van der Waals surface area contributed by atoms with E-state index in [1.54, 1.807) is 4.90 Å². The summed E-state index contributed by atoms with van der Waals surface area (Å²) in [6.07, 6.45) is 5.57. The number of nitrogens with zero attached hydrogens (tertiary/aromatic N) is 4. The molecule has 2 aliphatic rings. The highest BCUT2D eigenvalue weighted by molar-refractivity contribution is 6.03. The number of benzene rings is 1. The standard InChI is InChI=1S/C21H26N4O3/c1-13(2)8-20(26)25-14(3)11-23(21(27)28)19-9-15(4-7-18(19)25)16-10-22-24(12-16)17-5-6-17/h4,7,9-10,12-14,17H,5-6,8,11H2,1-3H3,(H,27,28)/t14-/m0/s1. The van der Waals surface area contributed by atoms with Crippen LogP contribution in [0, 0.1) is 5.92 Å². The molecule has 1 saturated carbocycles. The molecule has 7 heteroatoms. The van der Waals surface area contributed by atoms with Crippen molar-refractivity contribution in [3.63, 3.8) is 0 Å². The van der Waals surface area contributed by atoms with Gasteiger partial charge in [-0.2, -0.15) is 5.10 Å². The Bertz CT molecular complexity index is 916. The molecule has 0 spiro atoms. The summed E-state index contributed by atoms with van der Waals surface area (Å²) >= 11 is 0. The summed E-state index contributed by atoms with van der Waals surface area (Å²) in [6.45, 7) is 6.18. The lowest BCUT2D eigenvalue weighted by Gasteiger charge is -2.40. The van der Waals surface area contributed by atoms with Crippen LogP contribution in [0.5, 0.6) is 0 Å². The molecule has 1 aliphatic heterocycles. The highest BCUT2D eigenvalue weighted by Gasteiger charge is 2.35. The van der Waals surface area contributed by atoms with E-state index in [9.17, 15) is 14.7 Å². The minimum atomic E-state index is -1.00. The van der Waals surface area contributed by atoms with Crippen LogP contribution in [0.25, 0.3) is 11.1 Å². The van der Waals surface area contributed by atoms with E-state index >= 15 is 0 Å². The lowest BCUT2D eigenvalue weighted by atomic mass is 10.0. The van der Waals surface area contributed by atoms with Gasteiger partial charge in [0.1, 0.15) is 0 Å². The number of fused-ring (bicyclic) bond motifs is 1. The second-order valence-corrected chi connectivity index (χ2v) is 8.25. The van der Waals surface area contributed by atoms with Crippen LogP contribution in [0.3, 0.4) is 0 Å². The third kappa shape index (κ3) is 3.37. The molecular weight excluding hydrogens is 356 g/mol. The van der Waals surface area contributed by atoms with E-state index in [1.165, 1.54) is 4.90 Å². The van der Waals surface area contributed by atoms with Crippen LogP contribution in [-0.4, -0.2) is 39.5 Å². The maximum Gasteiger partial charge on any atom is 0.411 e. The van der Waals surface area contributed by atoms with E-state index in [4.69, 9.17) is 0 Å². The maximum absolute atomic E-state index is 12.8. The Labute approximate surface area is 164 Å². The lowest BCUT2D eigenvalue weighted by Crippen LogP contribution is -2.51. The van der Waals surface area contributed by atoms with Gasteiger partial charge in [-0.15, -0.1) is 0 Å². The zero-order valence-electron chi connectivity index (χ0n) is 16.5. The first-order valence-electron chi connectivity index (χ1n) is 9.86. The van der Waals surface area contributed by atoms with Crippen molar-refractivity contribution in [2.45, 2.75) is 52.1 Å². The Balaban J connectivity index is 1.74. The average Bonchev–Trinajstić information content (AvgIpc) is 3.36. The molecule has 7 nitrogen and oxygen atoms in total. The molecule has 2 amide bonds. The molecule has 0 bridgehead atoms. The fourth-order valence-corrected chi connectivity index (χ4v) is 3.84. The molecule has 0 saturated heterocycles. The minimum absolute atomic E-state index is 0.0306. The number of carboxylic acid groups (broad SMARTS) is 1. The number of amides is 2. The van der Waals surface area contributed by atoms with E-state index in [0.29, 0.717) is 23.8 Å². The Morgan fingerprint density at radius 1 is 1.21 bits per heavy atom. The van der Waals surface area contributed by atoms with E-state index < -0.39 is 6.09 Å². The van der Waals surface area contributed by atoms with Gasteiger partial charge < -0.3 is 10.0 Å². The predicted octanol–water partition coefficient (Wildman–Crippen LogP) is 4.15. The monoisotopic (exact) mass is 382 g/mol. The number of anilines is 2. The Morgan fingerprint density at radius 3 is 2.61 bits per heavy atom. The zero-order chi connectivity index (χ0) is 20.0. The fourth-order valence-electron chi connectivity index (χ4n) is 3.84. The average molecular weight is 382 g/mol. The SMILES string of the molecule is CC(C)CC(=O)N1c2ccc(-c3cnn(C4CC4)c3)cc2N(C(=O)O)C[C@@H]1C. The number of carbonyl (C=O) groups is 2. The summed E-state index contributed by atoms with van der Waals surface area (Å²) in [6, 6.07) is 5.95. The van der Waals surface area contributed by atoms with Crippen LogP contribution in [0.4, 0.5) is 16.2 Å². The number of hydrogen-bond acceptors (Lipinski definition) is 3. The van der Waals surface area contributed by atoms with Crippen LogP contribution >= 0.6 is 0 Å². The van der Waals surface area contributed by atoms with E-state index in [2.05, 4.69) is 5.10 Å². The molecular formula is C21H26N4O3. The first-order valence-corrected chi connectivity index (χ1v) is 9.86. The molecule has 0 unspecified atom stereocenters. The first kappa shape index (κ1) is 18.5. The third-order valence-electron chi connectivity index (χ3n) is 5.35. The maximum atomic E-state index is 12.8. The Hall–Kier alpha value is -2.83. The molecule has 0 radical (unpaired) electrons. The quantitative estimate of drug-likeness (QED) is 0.861. The predicted molar refractivity (Wildman–Crippen MR) is 108 cm³/mol. The van der Waals surface area contributed by atoms with Crippen LogP contribution in [0.1, 0.15) is 46.1 Å². The van der Waals surface area contributed by atoms with E-state index in [-0.39, 0.29) is 24.4 Å². The topological polar surface area (TPSA) is 78.7 Å². The summed E-state index contributed by atoms with van der Waals surface area (Å²) < 4.78 is 1.98. The van der Waals surface area contributed by atoms with Crippen LogP contribution in [0.15, 0.2) is 30.6 Å². The minimum Gasteiger partial charge on any atom is -0.465 e. The van der Waals surface area contributed by atoms with Gasteiger partial charge in [0.25, 0.3) is 0 Å². The van der Waals surface area contributed by atoms with Crippen molar-refractivity contribution < 1.29 is 14.7 Å². The molecule has 1 aliphatic carbocycles. The van der Waals surface area contributed by atoms with Gasteiger partial charge in [0.15, 0.2) is 0 Å². The first-order chi connectivity index (χ1) is 13.3. The van der Waals surface area contributed by atoms with Gasteiger partial charge in [-0.25, -0.2) is 4.79 Å². The summed E-state index contributed by atoms with van der Waals surface area (Å²) in [5.74, 6) is 0.274. The normalized spacial score (nSPS) is 19.1. The molecule has 2 heterocycles.